The zero-order chi connectivity index (χ0) is 16.5. The molecule has 2 N–H and O–H groups in total. The van der Waals surface area contributed by atoms with Gasteiger partial charge >= 0.3 is 5.97 Å². The van der Waals surface area contributed by atoms with Gasteiger partial charge in [0, 0.05) is 21.2 Å². The van der Waals surface area contributed by atoms with Crippen LogP contribution in [0, 0.1) is 11.3 Å². The molecule has 0 radical (unpaired) electrons. The lowest BCUT2D eigenvalue weighted by atomic mass is 9.92. The summed E-state index contributed by atoms with van der Waals surface area (Å²) in [7, 11) is 0. The number of ether oxygens (including phenoxy) is 2. The van der Waals surface area contributed by atoms with E-state index in [0.29, 0.717) is 0 Å². The molecule has 1 aromatic rings. The number of rotatable bonds is 3. The van der Waals surface area contributed by atoms with Gasteiger partial charge in [0.25, 0.3) is 0 Å². The van der Waals surface area contributed by atoms with Gasteiger partial charge in [-0.3, -0.25) is 4.79 Å². The Morgan fingerprint density at radius 2 is 1.91 bits per heavy atom. The van der Waals surface area contributed by atoms with E-state index in [2.05, 4.69) is 0 Å². The smallest absolute Gasteiger partial charge is 0.315 e. The summed E-state index contributed by atoms with van der Waals surface area (Å²) >= 11 is 1.59. The van der Waals surface area contributed by atoms with Crippen molar-refractivity contribution in [3.63, 3.8) is 0 Å². The summed E-state index contributed by atoms with van der Waals surface area (Å²) < 4.78 is 11.5. The van der Waals surface area contributed by atoms with Crippen LogP contribution in [0.3, 0.4) is 0 Å². The molecule has 22 heavy (non-hydrogen) atoms. The lowest BCUT2D eigenvalue weighted by molar-refractivity contribution is -0.253. The van der Waals surface area contributed by atoms with E-state index < -0.39 is 6.29 Å². The summed E-state index contributed by atoms with van der Waals surface area (Å²) in [6.45, 7) is 9.96. The molecule has 0 amide bonds. The molecule has 1 heterocycles. The van der Waals surface area contributed by atoms with Gasteiger partial charge in [-0.05, 0) is 19.1 Å². The van der Waals surface area contributed by atoms with Crippen LogP contribution >= 0.6 is 11.8 Å². The summed E-state index contributed by atoms with van der Waals surface area (Å²) in [6, 6.07) is 7.68. The summed E-state index contributed by atoms with van der Waals surface area (Å²) in [5.41, 5.74) is 6.48. The van der Waals surface area contributed by atoms with Gasteiger partial charge < -0.3 is 15.2 Å². The average Bonchev–Trinajstić information content (AvgIpc) is 2.39. The van der Waals surface area contributed by atoms with Crippen LogP contribution in [0.1, 0.15) is 34.6 Å². The third-order valence-electron chi connectivity index (χ3n) is 3.78. The lowest BCUT2D eigenvalue weighted by Crippen LogP contribution is -2.50. The number of carbonyl (C=O) groups is 1. The minimum Gasteiger partial charge on any atom is -0.435 e. The van der Waals surface area contributed by atoms with E-state index >= 15 is 0 Å². The first-order chi connectivity index (χ1) is 10.2. The number of nitrogens with two attached hydrogens (primary N) is 1. The molecular formula is C17H25NO3S. The van der Waals surface area contributed by atoms with Crippen molar-refractivity contribution in [1.29, 1.82) is 0 Å². The van der Waals surface area contributed by atoms with Crippen molar-refractivity contribution in [1.82, 2.24) is 0 Å². The molecule has 1 saturated heterocycles. The Bertz CT molecular complexity index is 541. The second-order valence-corrected chi connectivity index (χ2v) is 8.28. The number of hydrogen-bond acceptors (Lipinski definition) is 5. The Morgan fingerprint density at radius 3 is 2.45 bits per heavy atom. The van der Waals surface area contributed by atoms with Gasteiger partial charge in [-0.15, -0.1) is 11.8 Å². The molecule has 2 rings (SSSR count). The molecule has 0 bridgehead atoms. The van der Waals surface area contributed by atoms with Gasteiger partial charge in [0.15, 0.2) is 0 Å². The second-order valence-electron chi connectivity index (χ2n) is 6.86. The predicted molar refractivity (Wildman–Crippen MR) is 89.5 cm³/mol. The molecule has 1 fully saturated rings. The third-order valence-corrected chi connectivity index (χ3v) is 5.07. The van der Waals surface area contributed by atoms with E-state index in [-0.39, 0.29) is 28.7 Å². The summed E-state index contributed by atoms with van der Waals surface area (Å²) in [6.07, 6.45) is -0.678. The van der Waals surface area contributed by atoms with Gasteiger partial charge in [0.1, 0.15) is 0 Å². The highest BCUT2D eigenvalue weighted by Crippen LogP contribution is 2.38. The number of nitrogen functional groups attached to an aromatic ring is 1. The van der Waals surface area contributed by atoms with Crippen molar-refractivity contribution >= 4 is 23.4 Å². The molecule has 0 aliphatic carbocycles. The Kier molecular flexibility index (Phi) is 5.07. The fraction of sp³-hybridized carbons (Fsp3) is 0.588. The van der Waals surface area contributed by atoms with E-state index in [1.54, 1.807) is 11.8 Å². The van der Waals surface area contributed by atoms with Gasteiger partial charge in [0.2, 0.25) is 6.29 Å². The SMILES string of the molecule is C[C@H](Sc1ccccc1N)[C@H]1C(=O)O[C@H](C(C)(C)C)O[C@@H]1C. The first kappa shape index (κ1) is 17.2. The van der Waals surface area contributed by atoms with Crippen molar-refractivity contribution in [3.8, 4) is 0 Å². The topological polar surface area (TPSA) is 61.6 Å². The quantitative estimate of drug-likeness (QED) is 0.522. The number of anilines is 1. The summed E-state index contributed by atoms with van der Waals surface area (Å²) in [4.78, 5) is 13.4. The molecule has 4 nitrogen and oxygen atoms in total. The molecule has 0 unspecified atom stereocenters. The molecule has 0 aromatic heterocycles. The van der Waals surface area contributed by atoms with E-state index in [0.717, 1.165) is 10.6 Å². The van der Waals surface area contributed by atoms with Gasteiger partial charge in [-0.2, -0.15) is 0 Å². The third kappa shape index (κ3) is 3.76. The summed E-state index contributed by atoms with van der Waals surface area (Å²) in [5.74, 6) is -0.489. The van der Waals surface area contributed by atoms with Crippen LogP contribution in [0.25, 0.3) is 0 Å². The highest BCUT2D eigenvalue weighted by molar-refractivity contribution is 8.00. The van der Waals surface area contributed by atoms with Crippen LogP contribution in [0.5, 0.6) is 0 Å². The monoisotopic (exact) mass is 323 g/mol. The Morgan fingerprint density at radius 1 is 1.27 bits per heavy atom. The number of hydrogen-bond donors (Lipinski definition) is 1. The molecular weight excluding hydrogens is 298 g/mol. The maximum absolute atomic E-state index is 12.4. The summed E-state index contributed by atoms with van der Waals surface area (Å²) in [5, 5.41) is 0.0214. The number of para-hydroxylation sites is 1. The standard InChI is InChI=1S/C17H25NO3S/c1-10-14(15(19)21-16(20-10)17(3,4)5)11(2)22-13-9-7-6-8-12(13)18/h6-11,14,16H,18H2,1-5H3/t10-,11+,14+,16-/m1/s1. The predicted octanol–water partition coefficient (Wildman–Crippen LogP) is 3.70. The second kappa shape index (κ2) is 6.50. The van der Waals surface area contributed by atoms with Gasteiger partial charge in [0.05, 0.1) is 12.0 Å². The minimum atomic E-state index is -0.495. The number of benzene rings is 1. The molecule has 4 atom stereocenters. The van der Waals surface area contributed by atoms with E-state index in [4.69, 9.17) is 15.2 Å². The van der Waals surface area contributed by atoms with E-state index in [9.17, 15) is 4.79 Å². The highest BCUT2D eigenvalue weighted by atomic mass is 32.2. The molecule has 0 saturated carbocycles. The van der Waals surface area contributed by atoms with E-state index in [1.807, 2.05) is 58.9 Å². The average molecular weight is 323 g/mol. The Balaban J connectivity index is 2.09. The van der Waals surface area contributed by atoms with Crippen molar-refractivity contribution in [2.75, 3.05) is 5.73 Å². The van der Waals surface area contributed by atoms with Gasteiger partial charge in [-0.25, -0.2) is 0 Å². The van der Waals surface area contributed by atoms with Crippen LogP contribution in [0.4, 0.5) is 5.69 Å². The molecule has 5 heteroatoms. The first-order valence-electron chi connectivity index (χ1n) is 7.57. The van der Waals surface area contributed by atoms with E-state index in [1.165, 1.54) is 0 Å². The normalized spacial score (nSPS) is 27.3. The van der Waals surface area contributed by atoms with Crippen LogP contribution in [0.15, 0.2) is 29.2 Å². The van der Waals surface area contributed by atoms with Crippen molar-refractivity contribution in [2.45, 2.75) is 57.2 Å². The van der Waals surface area contributed by atoms with Gasteiger partial charge in [-0.1, -0.05) is 39.8 Å². The van der Waals surface area contributed by atoms with Crippen molar-refractivity contribution < 1.29 is 14.3 Å². The van der Waals surface area contributed by atoms with Crippen LogP contribution in [-0.4, -0.2) is 23.6 Å². The number of cyclic esters (lactones) is 1. The lowest BCUT2D eigenvalue weighted by Gasteiger charge is -2.41. The molecule has 1 aliphatic rings. The highest BCUT2D eigenvalue weighted by Gasteiger charge is 2.44. The fourth-order valence-electron chi connectivity index (χ4n) is 2.50. The number of esters is 1. The van der Waals surface area contributed by atoms with Crippen molar-refractivity contribution in [3.05, 3.63) is 24.3 Å². The number of carbonyl (C=O) groups excluding carboxylic acids is 1. The molecule has 0 spiro atoms. The Labute approximate surface area is 136 Å². The maximum Gasteiger partial charge on any atom is 0.315 e. The zero-order valence-electron chi connectivity index (χ0n) is 13.8. The van der Waals surface area contributed by atoms with Crippen LogP contribution < -0.4 is 5.73 Å². The van der Waals surface area contributed by atoms with Crippen LogP contribution in [0.2, 0.25) is 0 Å². The van der Waals surface area contributed by atoms with Crippen molar-refractivity contribution in [2.24, 2.45) is 11.3 Å². The van der Waals surface area contributed by atoms with Crippen LogP contribution in [-0.2, 0) is 14.3 Å². The fourth-order valence-corrected chi connectivity index (χ4v) is 3.74. The maximum atomic E-state index is 12.4. The number of thioether (sulfide) groups is 1. The zero-order valence-corrected chi connectivity index (χ0v) is 14.6. The molecule has 1 aliphatic heterocycles. The molecule has 122 valence electrons. The molecule has 1 aromatic carbocycles. The minimum absolute atomic E-state index is 0.0214. The largest absolute Gasteiger partial charge is 0.435 e. The first-order valence-corrected chi connectivity index (χ1v) is 8.45. The Hall–Kier alpha value is -1.20.